The highest BCUT2D eigenvalue weighted by atomic mass is 35.5. The van der Waals surface area contributed by atoms with Crippen LogP contribution in [0.3, 0.4) is 0 Å². The van der Waals surface area contributed by atoms with Crippen LogP contribution in [0.5, 0.6) is 5.75 Å². The maximum Gasteiger partial charge on any atom is 0.277 e. The molecule has 0 spiro atoms. The average molecular weight is 378 g/mol. The van der Waals surface area contributed by atoms with E-state index in [2.05, 4.69) is 21.5 Å². The lowest BCUT2D eigenvalue weighted by atomic mass is 10.1. The van der Waals surface area contributed by atoms with Gasteiger partial charge in [-0.05, 0) is 55.7 Å². The molecule has 1 aromatic heterocycles. The van der Waals surface area contributed by atoms with Crippen LogP contribution in [0.4, 0.5) is 5.00 Å². The number of carbonyl (C=O) groups excluding carboxylic acids is 1. The quantitative estimate of drug-likeness (QED) is 0.613. The molecule has 5 nitrogen and oxygen atoms in total. The standard InChI is InChI=1S/C18H20ClN3O2S/c19-14-4-6-15(7-5-14)24-13-17(23)21-20-12-16-8-9-18(25-16)22-10-2-1-3-11-22/h4-9,12H,1-3,10-11,13H2,(H,21,23)/b20-12-. The molecule has 0 unspecified atom stereocenters. The zero-order valence-electron chi connectivity index (χ0n) is 13.8. The molecule has 25 heavy (non-hydrogen) atoms. The summed E-state index contributed by atoms with van der Waals surface area (Å²) in [5.41, 5.74) is 2.47. The molecule has 0 aliphatic carbocycles. The fourth-order valence-corrected chi connectivity index (χ4v) is 3.63. The van der Waals surface area contributed by atoms with Crippen molar-refractivity contribution in [2.45, 2.75) is 19.3 Å². The summed E-state index contributed by atoms with van der Waals surface area (Å²) in [6.07, 6.45) is 5.49. The van der Waals surface area contributed by atoms with Gasteiger partial charge in [0, 0.05) is 23.0 Å². The van der Waals surface area contributed by atoms with E-state index < -0.39 is 0 Å². The van der Waals surface area contributed by atoms with Crippen LogP contribution in [0, 0.1) is 0 Å². The van der Waals surface area contributed by atoms with Crippen LogP contribution < -0.4 is 15.1 Å². The van der Waals surface area contributed by atoms with Crippen LogP contribution in [-0.2, 0) is 4.79 Å². The van der Waals surface area contributed by atoms with E-state index in [0.29, 0.717) is 10.8 Å². The lowest BCUT2D eigenvalue weighted by Gasteiger charge is -2.27. The van der Waals surface area contributed by atoms with E-state index in [9.17, 15) is 4.79 Å². The van der Waals surface area contributed by atoms with E-state index in [0.717, 1.165) is 18.0 Å². The van der Waals surface area contributed by atoms with Crippen molar-refractivity contribution in [3.8, 4) is 5.75 Å². The zero-order valence-corrected chi connectivity index (χ0v) is 15.4. The highest BCUT2D eigenvalue weighted by Crippen LogP contribution is 2.27. The number of nitrogens with one attached hydrogen (secondary N) is 1. The number of benzene rings is 1. The fraction of sp³-hybridized carbons (Fsp3) is 0.333. The SMILES string of the molecule is O=C(COc1ccc(Cl)cc1)N/N=C\c1ccc(N2CCCCC2)s1. The second-order valence-corrected chi connectivity index (χ2v) is 7.29. The number of amides is 1. The second kappa shape index (κ2) is 8.87. The number of nitrogens with zero attached hydrogens (tertiary/aromatic N) is 2. The van der Waals surface area contributed by atoms with E-state index in [1.807, 2.05) is 6.07 Å². The van der Waals surface area contributed by atoms with Gasteiger partial charge in [0.05, 0.1) is 11.2 Å². The Morgan fingerprint density at radius 1 is 1.20 bits per heavy atom. The number of hydrogen-bond acceptors (Lipinski definition) is 5. The number of thiophene rings is 1. The van der Waals surface area contributed by atoms with Gasteiger partial charge in [0.15, 0.2) is 6.61 Å². The van der Waals surface area contributed by atoms with Crippen molar-refractivity contribution in [1.82, 2.24) is 5.43 Å². The number of carbonyl (C=O) groups is 1. The van der Waals surface area contributed by atoms with Crippen LogP contribution in [0.2, 0.25) is 5.02 Å². The number of hydrazone groups is 1. The summed E-state index contributed by atoms with van der Waals surface area (Å²) in [6.45, 7) is 2.15. The first-order valence-corrected chi connectivity index (χ1v) is 9.45. The highest BCUT2D eigenvalue weighted by Gasteiger charge is 2.12. The third-order valence-electron chi connectivity index (χ3n) is 3.84. The van der Waals surface area contributed by atoms with Crippen molar-refractivity contribution in [3.63, 3.8) is 0 Å². The van der Waals surface area contributed by atoms with Gasteiger partial charge in [-0.15, -0.1) is 11.3 Å². The minimum Gasteiger partial charge on any atom is -0.484 e. The Morgan fingerprint density at radius 3 is 2.72 bits per heavy atom. The highest BCUT2D eigenvalue weighted by molar-refractivity contribution is 7.17. The number of halogens is 1. The van der Waals surface area contributed by atoms with Crippen molar-refractivity contribution in [3.05, 3.63) is 46.3 Å². The largest absolute Gasteiger partial charge is 0.484 e. The summed E-state index contributed by atoms with van der Waals surface area (Å²) < 4.78 is 5.36. The van der Waals surface area contributed by atoms with E-state index in [-0.39, 0.29) is 12.5 Å². The molecule has 0 atom stereocenters. The number of rotatable bonds is 6. The fourth-order valence-electron chi connectivity index (χ4n) is 2.58. The van der Waals surface area contributed by atoms with Crippen molar-refractivity contribution in [2.24, 2.45) is 5.10 Å². The lowest BCUT2D eigenvalue weighted by molar-refractivity contribution is -0.123. The maximum atomic E-state index is 11.7. The van der Waals surface area contributed by atoms with Gasteiger partial charge in [0.25, 0.3) is 5.91 Å². The van der Waals surface area contributed by atoms with Crippen LogP contribution in [0.15, 0.2) is 41.5 Å². The normalized spacial score (nSPS) is 14.7. The molecule has 0 saturated carbocycles. The third-order valence-corrected chi connectivity index (χ3v) is 5.18. The molecule has 2 heterocycles. The Labute approximate surface area is 156 Å². The Bertz CT molecular complexity index is 724. The monoisotopic (exact) mass is 377 g/mol. The van der Waals surface area contributed by atoms with Gasteiger partial charge in [-0.25, -0.2) is 5.43 Å². The van der Waals surface area contributed by atoms with E-state index in [1.54, 1.807) is 41.8 Å². The summed E-state index contributed by atoms with van der Waals surface area (Å²) in [5.74, 6) is 0.284. The summed E-state index contributed by atoms with van der Waals surface area (Å²) in [4.78, 5) is 15.2. The molecule has 0 radical (unpaired) electrons. The molecule has 1 N–H and O–H groups in total. The molecule has 1 aliphatic rings. The zero-order chi connectivity index (χ0) is 17.5. The Kier molecular flexibility index (Phi) is 6.30. The first kappa shape index (κ1) is 17.8. The predicted octanol–water partition coefficient (Wildman–Crippen LogP) is 3.92. The van der Waals surface area contributed by atoms with Crippen LogP contribution in [-0.4, -0.2) is 31.8 Å². The van der Waals surface area contributed by atoms with E-state index >= 15 is 0 Å². The molecule has 0 bridgehead atoms. The summed E-state index contributed by atoms with van der Waals surface area (Å²) in [5, 5.41) is 5.88. The minimum absolute atomic E-state index is 0.0948. The molecular formula is C18H20ClN3O2S. The maximum absolute atomic E-state index is 11.7. The molecule has 1 saturated heterocycles. The first-order chi connectivity index (χ1) is 12.2. The van der Waals surface area contributed by atoms with Gasteiger partial charge >= 0.3 is 0 Å². The van der Waals surface area contributed by atoms with Crippen molar-refractivity contribution in [2.75, 3.05) is 24.6 Å². The number of hydrogen-bond donors (Lipinski definition) is 1. The number of piperidine rings is 1. The molecule has 1 fully saturated rings. The molecule has 1 aliphatic heterocycles. The lowest BCUT2D eigenvalue weighted by Crippen LogP contribution is -2.28. The second-order valence-electron chi connectivity index (χ2n) is 5.76. The van der Waals surface area contributed by atoms with Gasteiger partial charge in [-0.1, -0.05) is 11.6 Å². The first-order valence-electron chi connectivity index (χ1n) is 8.26. The van der Waals surface area contributed by atoms with Crippen molar-refractivity contribution in [1.29, 1.82) is 0 Å². The van der Waals surface area contributed by atoms with Crippen LogP contribution in [0.25, 0.3) is 0 Å². The Morgan fingerprint density at radius 2 is 1.96 bits per heavy atom. The molecule has 7 heteroatoms. The third kappa shape index (κ3) is 5.47. The topological polar surface area (TPSA) is 53.9 Å². The van der Waals surface area contributed by atoms with Gasteiger partial charge in [0.1, 0.15) is 5.75 Å². The molecular weight excluding hydrogens is 358 g/mol. The van der Waals surface area contributed by atoms with E-state index in [1.165, 1.54) is 24.3 Å². The number of ether oxygens (including phenoxy) is 1. The molecule has 3 rings (SSSR count). The summed E-state index contributed by atoms with van der Waals surface area (Å²) >= 11 is 7.48. The molecule has 132 valence electrons. The van der Waals surface area contributed by atoms with Crippen molar-refractivity contribution < 1.29 is 9.53 Å². The van der Waals surface area contributed by atoms with Gasteiger partial charge in [-0.2, -0.15) is 5.10 Å². The van der Waals surface area contributed by atoms with Crippen LogP contribution in [0.1, 0.15) is 24.1 Å². The van der Waals surface area contributed by atoms with Crippen LogP contribution >= 0.6 is 22.9 Å². The molecule has 1 amide bonds. The average Bonchev–Trinajstić information content (AvgIpc) is 3.11. The Hall–Kier alpha value is -2.05. The van der Waals surface area contributed by atoms with Gasteiger partial charge in [-0.3, -0.25) is 4.79 Å². The molecule has 1 aromatic carbocycles. The molecule has 2 aromatic rings. The predicted molar refractivity (Wildman–Crippen MR) is 103 cm³/mol. The number of anilines is 1. The Balaban J connectivity index is 1.43. The van der Waals surface area contributed by atoms with Gasteiger partial charge in [0.2, 0.25) is 0 Å². The van der Waals surface area contributed by atoms with Crippen molar-refractivity contribution >= 4 is 40.1 Å². The smallest absolute Gasteiger partial charge is 0.277 e. The summed E-state index contributed by atoms with van der Waals surface area (Å²) in [6, 6.07) is 11.0. The summed E-state index contributed by atoms with van der Waals surface area (Å²) in [7, 11) is 0. The van der Waals surface area contributed by atoms with E-state index in [4.69, 9.17) is 16.3 Å². The minimum atomic E-state index is -0.306. The van der Waals surface area contributed by atoms with Gasteiger partial charge < -0.3 is 9.64 Å².